The van der Waals surface area contributed by atoms with Crippen LogP contribution in [0.4, 0.5) is 0 Å². The van der Waals surface area contributed by atoms with Gasteiger partial charge in [-0.05, 0) is 60.7 Å². The lowest BCUT2D eigenvalue weighted by molar-refractivity contribution is 0.0698. The first kappa shape index (κ1) is 27.4. The lowest BCUT2D eigenvalue weighted by atomic mass is 10.1. The normalized spacial score (nSPS) is 16.4. The number of benzene rings is 2. The summed E-state index contributed by atoms with van der Waals surface area (Å²) in [6.07, 6.45) is 3.71. The molecule has 208 valence electrons. The first-order chi connectivity index (χ1) is 18.7. The van der Waals surface area contributed by atoms with Crippen molar-refractivity contribution in [1.82, 2.24) is 24.3 Å². The Kier molecular flexibility index (Phi) is 8.06. The van der Waals surface area contributed by atoms with Gasteiger partial charge in [-0.25, -0.2) is 8.42 Å². The van der Waals surface area contributed by atoms with Crippen LogP contribution in [0, 0.1) is 6.92 Å². The van der Waals surface area contributed by atoms with Gasteiger partial charge in [0.25, 0.3) is 5.91 Å². The number of carbonyl (C=O) groups is 1. The van der Waals surface area contributed by atoms with E-state index in [2.05, 4.69) is 29.5 Å². The molecule has 0 atom stereocenters. The molecule has 1 saturated carbocycles. The summed E-state index contributed by atoms with van der Waals surface area (Å²) in [6, 6.07) is 15.8. The average molecular weight is 552 g/mol. The van der Waals surface area contributed by atoms with Gasteiger partial charge in [-0.3, -0.25) is 9.48 Å². The van der Waals surface area contributed by atoms with Crippen molar-refractivity contribution < 1.29 is 17.9 Å². The molecule has 0 radical (unpaired) electrons. The number of sulfonamides is 1. The van der Waals surface area contributed by atoms with Crippen molar-refractivity contribution in [1.29, 1.82) is 0 Å². The predicted octanol–water partition coefficient (Wildman–Crippen LogP) is 3.19. The summed E-state index contributed by atoms with van der Waals surface area (Å²) in [6.45, 7) is 5.42. The molecule has 1 saturated heterocycles. The molecule has 0 bridgehead atoms. The third kappa shape index (κ3) is 6.69. The Bertz CT molecular complexity index is 1420. The lowest BCUT2D eigenvalue weighted by Gasteiger charge is -2.33. The Hall–Kier alpha value is -3.21. The summed E-state index contributed by atoms with van der Waals surface area (Å²) in [5.74, 6) is 1.42. The molecule has 1 aliphatic carbocycles. The van der Waals surface area contributed by atoms with E-state index in [1.807, 2.05) is 48.1 Å². The van der Waals surface area contributed by atoms with E-state index in [4.69, 9.17) is 4.74 Å². The van der Waals surface area contributed by atoms with Crippen LogP contribution in [0.2, 0.25) is 0 Å². The fourth-order valence-corrected chi connectivity index (χ4v) is 5.74. The largest absolute Gasteiger partial charge is 0.489 e. The van der Waals surface area contributed by atoms with Crippen molar-refractivity contribution in [2.75, 3.05) is 32.4 Å². The molecule has 2 aliphatic rings. The molecule has 9 nitrogen and oxygen atoms in total. The summed E-state index contributed by atoms with van der Waals surface area (Å²) >= 11 is 0. The molecule has 1 N–H and O–H groups in total. The molecule has 10 heteroatoms. The number of rotatable bonds is 10. The maximum atomic E-state index is 12.9. The zero-order valence-electron chi connectivity index (χ0n) is 22.9. The van der Waals surface area contributed by atoms with Crippen LogP contribution in [0.25, 0.3) is 0 Å². The fraction of sp³-hybridized carbons (Fsp3) is 0.448. The van der Waals surface area contributed by atoms with E-state index in [0.717, 1.165) is 30.0 Å². The SMILES string of the molecule is Cc1c(CNCc2cc(C3CC3)nn2C)cccc1OCc1ccc(C(=O)N2CCN(S(C)(=O)=O)CC2)cc1. The number of amides is 1. The average Bonchev–Trinajstić information content (AvgIpc) is 3.71. The predicted molar refractivity (Wildman–Crippen MR) is 150 cm³/mol. The highest BCUT2D eigenvalue weighted by Gasteiger charge is 2.27. The zero-order chi connectivity index (χ0) is 27.6. The van der Waals surface area contributed by atoms with Crippen LogP contribution in [0.5, 0.6) is 5.75 Å². The number of hydrogen-bond donors (Lipinski definition) is 1. The molecule has 0 spiro atoms. The van der Waals surface area contributed by atoms with Gasteiger partial charge in [0.1, 0.15) is 12.4 Å². The minimum Gasteiger partial charge on any atom is -0.489 e. The Labute approximate surface area is 230 Å². The first-order valence-electron chi connectivity index (χ1n) is 13.5. The van der Waals surface area contributed by atoms with Gasteiger partial charge in [0.2, 0.25) is 10.0 Å². The second-order valence-electron chi connectivity index (χ2n) is 10.5. The molecule has 3 aromatic rings. The van der Waals surface area contributed by atoms with E-state index in [0.29, 0.717) is 44.3 Å². The van der Waals surface area contributed by atoms with Gasteiger partial charge in [0, 0.05) is 57.8 Å². The Morgan fingerprint density at radius 1 is 1.05 bits per heavy atom. The van der Waals surface area contributed by atoms with Gasteiger partial charge in [-0.15, -0.1) is 0 Å². The summed E-state index contributed by atoms with van der Waals surface area (Å²) in [5, 5.41) is 8.19. The zero-order valence-corrected chi connectivity index (χ0v) is 23.7. The van der Waals surface area contributed by atoms with Crippen LogP contribution in [-0.4, -0.2) is 65.7 Å². The third-order valence-corrected chi connectivity index (χ3v) is 8.90. The molecule has 5 rings (SSSR count). The fourth-order valence-electron chi connectivity index (χ4n) is 4.92. The minimum absolute atomic E-state index is 0.0819. The Balaban J connectivity index is 1.12. The van der Waals surface area contributed by atoms with Gasteiger partial charge >= 0.3 is 0 Å². The number of aromatic nitrogens is 2. The van der Waals surface area contributed by atoms with Crippen molar-refractivity contribution in [3.8, 4) is 5.75 Å². The minimum atomic E-state index is -3.22. The standard InChI is InChI=1S/C29H37N5O4S/c1-21-25(18-30-19-26-17-27(23-11-12-23)31-32(26)2)5-4-6-28(21)38-20-22-7-9-24(10-8-22)29(35)33-13-15-34(16-14-33)39(3,36)37/h4-10,17,23,30H,11-16,18-20H2,1-3H3. The molecule has 1 amide bonds. The van der Waals surface area contributed by atoms with E-state index < -0.39 is 10.0 Å². The maximum Gasteiger partial charge on any atom is 0.253 e. The van der Waals surface area contributed by atoms with Crippen LogP contribution in [0.15, 0.2) is 48.5 Å². The van der Waals surface area contributed by atoms with Crippen molar-refractivity contribution in [2.24, 2.45) is 7.05 Å². The summed E-state index contributed by atoms with van der Waals surface area (Å²) in [5.41, 5.74) is 6.26. The van der Waals surface area contributed by atoms with Crippen LogP contribution < -0.4 is 10.1 Å². The van der Waals surface area contributed by atoms with E-state index in [9.17, 15) is 13.2 Å². The van der Waals surface area contributed by atoms with E-state index in [1.165, 1.54) is 40.4 Å². The van der Waals surface area contributed by atoms with Gasteiger partial charge < -0.3 is 15.0 Å². The molecule has 1 aliphatic heterocycles. The number of nitrogens with zero attached hydrogens (tertiary/aromatic N) is 4. The molecule has 39 heavy (non-hydrogen) atoms. The van der Waals surface area contributed by atoms with E-state index in [1.54, 1.807) is 4.90 Å². The van der Waals surface area contributed by atoms with Gasteiger partial charge in [-0.2, -0.15) is 9.40 Å². The Morgan fingerprint density at radius 3 is 2.44 bits per heavy atom. The van der Waals surface area contributed by atoms with Crippen LogP contribution in [-0.2, 0) is 36.8 Å². The quantitative estimate of drug-likeness (QED) is 0.416. The van der Waals surface area contributed by atoms with Crippen molar-refractivity contribution in [3.05, 3.63) is 82.2 Å². The van der Waals surface area contributed by atoms with Crippen molar-refractivity contribution in [2.45, 2.75) is 45.4 Å². The third-order valence-electron chi connectivity index (χ3n) is 7.60. The van der Waals surface area contributed by atoms with Gasteiger partial charge in [0.15, 0.2) is 0 Å². The van der Waals surface area contributed by atoms with Crippen LogP contribution in [0.1, 0.15) is 57.2 Å². The van der Waals surface area contributed by atoms with Crippen LogP contribution in [0.3, 0.4) is 0 Å². The summed E-state index contributed by atoms with van der Waals surface area (Å²) in [4.78, 5) is 14.6. The maximum absolute atomic E-state index is 12.9. The van der Waals surface area contributed by atoms with Crippen molar-refractivity contribution >= 4 is 15.9 Å². The number of hydrogen-bond acceptors (Lipinski definition) is 6. The van der Waals surface area contributed by atoms with E-state index >= 15 is 0 Å². The van der Waals surface area contributed by atoms with Gasteiger partial charge in [-0.1, -0.05) is 24.3 Å². The molecule has 2 fully saturated rings. The first-order valence-corrected chi connectivity index (χ1v) is 15.3. The monoisotopic (exact) mass is 551 g/mol. The molecule has 0 unspecified atom stereocenters. The summed E-state index contributed by atoms with van der Waals surface area (Å²) in [7, 11) is -1.22. The number of ether oxygens (including phenoxy) is 1. The highest BCUT2D eigenvalue weighted by atomic mass is 32.2. The topological polar surface area (TPSA) is 96.8 Å². The second kappa shape index (κ2) is 11.5. The Morgan fingerprint density at radius 2 is 1.77 bits per heavy atom. The molecule has 1 aromatic heterocycles. The number of aryl methyl sites for hydroxylation is 1. The molecule has 2 heterocycles. The lowest BCUT2D eigenvalue weighted by Crippen LogP contribution is -2.50. The number of carbonyl (C=O) groups excluding carboxylic acids is 1. The molecular formula is C29H37N5O4S. The number of piperazine rings is 1. The van der Waals surface area contributed by atoms with Gasteiger partial charge in [0.05, 0.1) is 17.6 Å². The number of nitrogens with one attached hydrogen (secondary N) is 1. The smallest absolute Gasteiger partial charge is 0.253 e. The highest BCUT2D eigenvalue weighted by molar-refractivity contribution is 7.88. The highest BCUT2D eigenvalue weighted by Crippen LogP contribution is 2.39. The van der Waals surface area contributed by atoms with Crippen molar-refractivity contribution in [3.63, 3.8) is 0 Å². The molecule has 2 aromatic carbocycles. The van der Waals surface area contributed by atoms with Crippen LogP contribution >= 0.6 is 0 Å². The second-order valence-corrected chi connectivity index (χ2v) is 12.5. The van der Waals surface area contributed by atoms with E-state index in [-0.39, 0.29) is 5.91 Å². The summed E-state index contributed by atoms with van der Waals surface area (Å²) < 4.78 is 33.0. The molecular weight excluding hydrogens is 514 g/mol.